The number of benzene rings is 1. The van der Waals surface area contributed by atoms with E-state index in [0.29, 0.717) is 11.5 Å². The van der Waals surface area contributed by atoms with E-state index in [9.17, 15) is 0 Å². The van der Waals surface area contributed by atoms with Crippen molar-refractivity contribution in [1.82, 2.24) is 10.6 Å². The maximum absolute atomic E-state index is 3.74. The van der Waals surface area contributed by atoms with E-state index >= 15 is 0 Å². The van der Waals surface area contributed by atoms with Crippen molar-refractivity contribution >= 4 is 0 Å². The van der Waals surface area contributed by atoms with Crippen LogP contribution in [0.1, 0.15) is 56.2 Å². The molecule has 110 valence electrons. The molecule has 1 aliphatic heterocycles. The van der Waals surface area contributed by atoms with Crippen LogP contribution in [0.15, 0.2) is 24.3 Å². The summed E-state index contributed by atoms with van der Waals surface area (Å²) in [5.74, 6) is 0. The third-order valence-corrected chi connectivity index (χ3v) is 5.18. The van der Waals surface area contributed by atoms with Gasteiger partial charge in [0.15, 0.2) is 0 Å². The Kier molecular flexibility index (Phi) is 4.42. The van der Waals surface area contributed by atoms with Gasteiger partial charge in [0, 0.05) is 19.1 Å². The molecule has 1 aliphatic carbocycles. The van der Waals surface area contributed by atoms with Crippen molar-refractivity contribution in [2.75, 3.05) is 19.6 Å². The molecule has 0 spiro atoms. The van der Waals surface area contributed by atoms with E-state index in [2.05, 4.69) is 41.8 Å². The highest BCUT2D eigenvalue weighted by Gasteiger charge is 2.27. The third-order valence-electron chi connectivity index (χ3n) is 5.18. The predicted octanol–water partition coefficient (Wildman–Crippen LogP) is 3.43. The predicted molar refractivity (Wildman–Crippen MR) is 85.0 cm³/mol. The van der Waals surface area contributed by atoms with Gasteiger partial charge in [-0.05, 0) is 42.3 Å². The standard InChI is InChI=1S/C18H28N2/c1-18(10-5-2-6-11-18)14-19-13-17-16-8-4-3-7-15(16)9-12-20-17/h3-4,7-8,17,19-20H,2,5-6,9-14H2,1H3. The van der Waals surface area contributed by atoms with E-state index in [-0.39, 0.29) is 0 Å². The highest BCUT2D eigenvalue weighted by Crippen LogP contribution is 2.35. The lowest BCUT2D eigenvalue weighted by molar-refractivity contribution is 0.205. The summed E-state index contributed by atoms with van der Waals surface area (Å²) in [6.45, 7) is 5.81. The van der Waals surface area contributed by atoms with Gasteiger partial charge in [-0.15, -0.1) is 0 Å². The Labute approximate surface area is 123 Å². The van der Waals surface area contributed by atoms with Crippen LogP contribution in [-0.2, 0) is 6.42 Å². The van der Waals surface area contributed by atoms with Crippen molar-refractivity contribution in [3.63, 3.8) is 0 Å². The molecule has 2 N–H and O–H groups in total. The van der Waals surface area contributed by atoms with E-state index in [4.69, 9.17) is 0 Å². The first-order valence-corrected chi connectivity index (χ1v) is 8.29. The molecule has 1 heterocycles. The fraction of sp³-hybridized carbons (Fsp3) is 0.667. The fourth-order valence-corrected chi connectivity index (χ4v) is 3.88. The van der Waals surface area contributed by atoms with Gasteiger partial charge in [-0.2, -0.15) is 0 Å². The van der Waals surface area contributed by atoms with Crippen molar-refractivity contribution in [3.8, 4) is 0 Å². The zero-order valence-corrected chi connectivity index (χ0v) is 12.8. The maximum atomic E-state index is 3.74. The molecule has 1 saturated carbocycles. The first-order valence-electron chi connectivity index (χ1n) is 8.29. The molecule has 1 fully saturated rings. The van der Waals surface area contributed by atoms with Gasteiger partial charge in [-0.25, -0.2) is 0 Å². The molecule has 1 aromatic carbocycles. The van der Waals surface area contributed by atoms with Crippen LogP contribution in [-0.4, -0.2) is 19.6 Å². The van der Waals surface area contributed by atoms with Gasteiger partial charge >= 0.3 is 0 Å². The lowest BCUT2D eigenvalue weighted by Crippen LogP contribution is -2.40. The average Bonchev–Trinajstić information content (AvgIpc) is 2.48. The van der Waals surface area contributed by atoms with Crippen molar-refractivity contribution in [1.29, 1.82) is 0 Å². The van der Waals surface area contributed by atoms with Crippen LogP contribution in [0.25, 0.3) is 0 Å². The van der Waals surface area contributed by atoms with Crippen LogP contribution in [0.4, 0.5) is 0 Å². The van der Waals surface area contributed by atoms with Crippen LogP contribution >= 0.6 is 0 Å². The molecule has 3 rings (SSSR count). The summed E-state index contributed by atoms with van der Waals surface area (Å²) in [5, 5.41) is 7.41. The highest BCUT2D eigenvalue weighted by molar-refractivity contribution is 5.32. The molecular formula is C18H28N2. The monoisotopic (exact) mass is 272 g/mol. The summed E-state index contributed by atoms with van der Waals surface area (Å²) in [6, 6.07) is 9.40. The molecule has 2 aliphatic rings. The van der Waals surface area contributed by atoms with Crippen LogP contribution in [0.3, 0.4) is 0 Å². The van der Waals surface area contributed by atoms with Crippen molar-refractivity contribution < 1.29 is 0 Å². The van der Waals surface area contributed by atoms with Gasteiger partial charge < -0.3 is 10.6 Å². The molecule has 0 bridgehead atoms. The van der Waals surface area contributed by atoms with Gasteiger partial charge in [0.1, 0.15) is 0 Å². The Hall–Kier alpha value is -0.860. The fourth-order valence-electron chi connectivity index (χ4n) is 3.88. The number of hydrogen-bond donors (Lipinski definition) is 2. The zero-order chi connectivity index (χ0) is 13.8. The van der Waals surface area contributed by atoms with E-state index in [0.717, 1.165) is 13.1 Å². The SMILES string of the molecule is CC1(CNCC2NCCc3ccccc32)CCCCC1. The number of fused-ring (bicyclic) bond motifs is 1. The molecule has 0 aromatic heterocycles. The van der Waals surface area contributed by atoms with Crippen molar-refractivity contribution in [2.24, 2.45) is 5.41 Å². The first-order chi connectivity index (χ1) is 9.77. The average molecular weight is 272 g/mol. The Bertz CT molecular complexity index is 435. The topological polar surface area (TPSA) is 24.1 Å². The van der Waals surface area contributed by atoms with Crippen LogP contribution in [0, 0.1) is 5.41 Å². The van der Waals surface area contributed by atoms with E-state index in [1.165, 1.54) is 56.2 Å². The summed E-state index contributed by atoms with van der Waals surface area (Å²) < 4.78 is 0. The quantitative estimate of drug-likeness (QED) is 0.877. The van der Waals surface area contributed by atoms with Crippen molar-refractivity contribution in [2.45, 2.75) is 51.5 Å². The second-order valence-electron chi connectivity index (χ2n) is 6.96. The zero-order valence-electron chi connectivity index (χ0n) is 12.8. The molecule has 2 heteroatoms. The Morgan fingerprint density at radius 2 is 2.00 bits per heavy atom. The number of rotatable bonds is 4. The molecule has 20 heavy (non-hydrogen) atoms. The second kappa shape index (κ2) is 6.28. The summed E-state index contributed by atoms with van der Waals surface area (Å²) >= 11 is 0. The van der Waals surface area contributed by atoms with Gasteiger partial charge in [0.25, 0.3) is 0 Å². The first kappa shape index (κ1) is 14.1. The smallest absolute Gasteiger partial charge is 0.0449 e. The minimum atomic E-state index is 0.493. The van der Waals surface area contributed by atoms with Gasteiger partial charge in [-0.3, -0.25) is 0 Å². The van der Waals surface area contributed by atoms with Gasteiger partial charge in [-0.1, -0.05) is 50.5 Å². The largest absolute Gasteiger partial charge is 0.314 e. The lowest BCUT2D eigenvalue weighted by atomic mass is 9.75. The summed E-state index contributed by atoms with van der Waals surface area (Å²) in [5.41, 5.74) is 3.56. The van der Waals surface area contributed by atoms with Crippen LogP contribution < -0.4 is 10.6 Å². The molecule has 2 nitrogen and oxygen atoms in total. The van der Waals surface area contributed by atoms with E-state index in [1.807, 2.05) is 0 Å². The number of nitrogens with one attached hydrogen (secondary N) is 2. The molecular weight excluding hydrogens is 244 g/mol. The summed E-state index contributed by atoms with van der Waals surface area (Å²) in [6.07, 6.45) is 8.24. The minimum Gasteiger partial charge on any atom is -0.314 e. The van der Waals surface area contributed by atoms with E-state index in [1.54, 1.807) is 0 Å². The molecule has 0 radical (unpaired) electrons. The third kappa shape index (κ3) is 3.24. The summed E-state index contributed by atoms with van der Waals surface area (Å²) in [4.78, 5) is 0. The normalized spacial score (nSPS) is 25.1. The Balaban J connectivity index is 1.54. The molecule has 0 saturated heterocycles. The molecule has 1 atom stereocenters. The summed E-state index contributed by atoms with van der Waals surface area (Å²) in [7, 11) is 0. The van der Waals surface area contributed by atoms with Crippen LogP contribution in [0.5, 0.6) is 0 Å². The second-order valence-corrected chi connectivity index (χ2v) is 6.96. The van der Waals surface area contributed by atoms with Gasteiger partial charge in [0.2, 0.25) is 0 Å². The minimum absolute atomic E-state index is 0.493. The Morgan fingerprint density at radius 3 is 2.85 bits per heavy atom. The maximum Gasteiger partial charge on any atom is 0.0449 e. The lowest BCUT2D eigenvalue weighted by Gasteiger charge is -2.35. The van der Waals surface area contributed by atoms with Crippen molar-refractivity contribution in [3.05, 3.63) is 35.4 Å². The molecule has 1 unspecified atom stereocenters. The van der Waals surface area contributed by atoms with E-state index < -0.39 is 0 Å². The highest BCUT2D eigenvalue weighted by atomic mass is 15.0. The Morgan fingerprint density at radius 1 is 1.20 bits per heavy atom. The van der Waals surface area contributed by atoms with Gasteiger partial charge in [0.05, 0.1) is 0 Å². The number of hydrogen-bond acceptors (Lipinski definition) is 2. The van der Waals surface area contributed by atoms with Crippen LogP contribution in [0.2, 0.25) is 0 Å². The molecule has 0 amide bonds. The molecule has 1 aromatic rings.